The smallest absolute Gasteiger partial charge is 0.229 e. The summed E-state index contributed by atoms with van der Waals surface area (Å²) in [5.74, 6) is 1.68. The van der Waals surface area contributed by atoms with Gasteiger partial charge >= 0.3 is 0 Å². The number of halogens is 1. The zero-order valence-corrected chi connectivity index (χ0v) is 22.5. The highest BCUT2D eigenvalue weighted by atomic mass is 35.5. The number of nitrogens with zero attached hydrogens (tertiary/aromatic N) is 2. The van der Waals surface area contributed by atoms with Crippen LogP contribution in [0.25, 0.3) is 0 Å². The summed E-state index contributed by atoms with van der Waals surface area (Å²) in [5, 5.41) is 0.752. The molecular formula is C29H37ClN2O4. The molecule has 1 aliphatic carbocycles. The van der Waals surface area contributed by atoms with Gasteiger partial charge < -0.3 is 9.47 Å². The molecule has 0 aromatic heterocycles. The minimum atomic E-state index is -0.129. The summed E-state index contributed by atoms with van der Waals surface area (Å²) < 4.78 is 11.5. The highest BCUT2D eigenvalue weighted by Crippen LogP contribution is 2.52. The molecule has 2 aromatic rings. The molecule has 7 heteroatoms. The summed E-state index contributed by atoms with van der Waals surface area (Å²) in [5.41, 5.74) is 2.82. The van der Waals surface area contributed by atoms with Crippen molar-refractivity contribution in [2.75, 3.05) is 26.8 Å². The van der Waals surface area contributed by atoms with Crippen molar-refractivity contribution in [2.24, 2.45) is 11.3 Å². The standard InChI is InChI=1S/C29H37ClN2O4/c1-5-24(21-7-9-23(30)10-8-21)31(19-22-17-29(22,2)3)18-20-6-11-25(26(16-20)35-4)36-15-14-32-27(33)12-13-28(32)34/h6-11,16,22,24H,5,12-15,17-19H2,1-4H3/t22-,24+/m1/s1. The zero-order valence-electron chi connectivity index (χ0n) is 21.8. The lowest BCUT2D eigenvalue weighted by atomic mass is 10.0. The molecule has 2 aromatic carbocycles. The lowest BCUT2D eigenvalue weighted by Gasteiger charge is -2.32. The van der Waals surface area contributed by atoms with Gasteiger partial charge in [-0.05, 0) is 59.6 Å². The SMILES string of the molecule is CC[C@@H](c1ccc(Cl)cc1)N(Cc1ccc(OCCN2C(=O)CCC2=O)c(OC)c1)C[C@H]1CC1(C)C. The first-order valence-corrected chi connectivity index (χ1v) is 13.2. The number of ether oxygens (including phenoxy) is 2. The second kappa shape index (κ2) is 11.2. The normalized spacial score (nSPS) is 19.6. The second-order valence-electron chi connectivity index (χ2n) is 10.6. The predicted molar refractivity (Wildman–Crippen MR) is 141 cm³/mol. The van der Waals surface area contributed by atoms with Crippen LogP contribution in [0.4, 0.5) is 0 Å². The Bertz CT molecular complexity index is 1070. The third-order valence-corrected chi connectivity index (χ3v) is 7.85. The number of benzene rings is 2. The third-order valence-electron chi connectivity index (χ3n) is 7.60. The fourth-order valence-electron chi connectivity index (χ4n) is 5.15. The Kier molecular flexibility index (Phi) is 8.26. The number of rotatable bonds is 12. The van der Waals surface area contributed by atoms with Crippen molar-refractivity contribution in [1.29, 1.82) is 0 Å². The molecule has 36 heavy (non-hydrogen) atoms. The van der Waals surface area contributed by atoms with Crippen LogP contribution in [0.2, 0.25) is 5.02 Å². The number of likely N-dealkylation sites (tertiary alicyclic amines) is 1. The molecule has 0 bridgehead atoms. The number of hydrogen-bond acceptors (Lipinski definition) is 5. The summed E-state index contributed by atoms with van der Waals surface area (Å²) >= 11 is 6.16. The maximum Gasteiger partial charge on any atom is 0.229 e. The molecular weight excluding hydrogens is 476 g/mol. The van der Waals surface area contributed by atoms with Crippen molar-refractivity contribution in [1.82, 2.24) is 9.80 Å². The molecule has 0 unspecified atom stereocenters. The van der Waals surface area contributed by atoms with Gasteiger partial charge in [0.05, 0.1) is 13.7 Å². The molecule has 0 spiro atoms. The van der Waals surface area contributed by atoms with Gasteiger partial charge in [-0.3, -0.25) is 19.4 Å². The first kappa shape index (κ1) is 26.5. The number of methoxy groups -OCH3 is 1. The van der Waals surface area contributed by atoms with E-state index in [2.05, 4.69) is 43.9 Å². The van der Waals surface area contributed by atoms with Crippen LogP contribution in [-0.2, 0) is 16.1 Å². The van der Waals surface area contributed by atoms with Gasteiger partial charge in [-0.15, -0.1) is 0 Å². The van der Waals surface area contributed by atoms with Crippen LogP contribution >= 0.6 is 11.6 Å². The highest BCUT2D eigenvalue weighted by molar-refractivity contribution is 6.30. The van der Waals surface area contributed by atoms with Gasteiger partial charge in [0, 0.05) is 37.0 Å². The average molecular weight is 513 g/mol. The summed E-state index contributed by atoms with van der Waals surface area (Å²) in [4.78, 5) is 27.5. The minimum absolute atomic E-state index is 0.129. The predicted octanol–water partition coefficient (Wildman–Crippen LogP) is 5.88. The topological polar surface area (TPSA) is 59.1 Å². The monoisotopic (exact) mass is 512 g/mol. The van der Waals surface area contributed by atoms with Crippen LogP contribution in [0, 0.1) is 11.3 Å². The van der Waals surface area contributed by atoms with Crippen LogP contribution in [-0.4, -0.2) is 48.4 Å². The molecule has 2 aliphatic rings. The van der Waals surface area contributed by atoms with Crippen LogP contribution in [0.15, 0.2) is 42.5 Å². The lowest BCUT2D eigenvalue weighted by Crippen LogP contribution is -2.33. The molecule has 0 radical (unpaired) electrons. The number of imide groups is 1. The first-order valence-electron chi connectivity index (χ1n) is 12.8. The van der Waals surface area contributed by atoms with Crippen LogP contribution in [0.3, 0.4) is 0 Å². The molecule has 4 rings (SSSR count). The maximum absolute atomic E-state index is 11.8. The van der Waals surface area contributed by atoms with E-state index in [0.29, 0.717) is 35.7 Å². The van der Waals surface area contributed by atoms with Crippen molar-refractivity contribution < 1.29 is 19.1 Å². The average Bonchev–Trinajstić information content (AvgIpc) is 3.33. The van der Waals surface area contributed by atoms with E-state index in [1.807, 2.05) is 24.3 Å². The van der Waals surface area contributed by atoms with Crippen LogP contribution in [0.5, 0.6) is 11.5 Å². The van der Waals surface area contributed by atoms with E-state index < -0.39 is 0 Å². The highest BCUT2D eigenvalue weighted by Gasteiger charge is 2.46. The van der Waals surface area contributed by atoms with E-state index in [1.54, 1.807) is 7.11 Å². The van der Waals surface area contributed by atoms with Gasteiger partial charge in [-0.2, -0.15) is 0 Å². The van der Waals surface area contributed by atoms with E-state index in [1.165, 1.54) is 16.9 Å². The third kappa shape index (κ3) is 6.22. The minimum Gasteiger partial charge on any atom is -0.493 e. The van der Waals surface area contributed by atoms with E-state index in [-0.39, 0.29) is 31.0 Å². The number of amides is 2. The zero-order chi connectivity index (χ0) is 25.9. The summed E-state index contributed by atoms with van der Waals surface area (Å²) in [6.45, 7) is 9.25. The fraction of sp³-hybridized carbons (Fsp3) is 0.517. The van der Waals surface area contributed by atoms with Crippen LogP contribution in [0.1, 0.15) is 63.6 Å². The molecule has 1 aliphatic heterocycles. The largest absolute Gasteiger partial charge is 0.493 e. The van der Waals surface area contributed by atoms with Gasteiger partial charge in [-0.1, -0.05) is 50.6 Å². The molecule has 2 atom stereocenters. The summed E-state index contributed by atoms with van der Waals surface area (Å²) in [7, 11) is 1.63. The molecule has 1 saturated heterocycles. The molecule has 1 saturated carbocycles. The van der Waals surface area contributed by atoms with Gasteiger partial charge in [0.1, 0.15) is 6.61 Å². The lowest BCUT2D eigenvalue weighted by molar-refractivity contribution is -0.138. The number of carbonyl (C=O) groups excluding carboxylic acids is 2. The Balaban J connectivity index is 1.47. The molecule has 6 nitrogen and oxygen atoms in total. The van der Waals surface area contributed by atoms with E-state index in [4.69, 9.17) is 21.1 Å². The van der Waals surface area contributed by atoms with Gasteiger partial charge in [-0.25, -0.2) is 0 Å². The number of carbonyl (C=O) groups is 2. The van der Waals surface area contributed by atoms with Gasteiger partial charge in [0.2, 0.25) is 11.8 Å². The van der Waals surface area contributed by atoms with Gasteiger partial charge in [0.25, 0.3) is 0 Å². The Morgan fingerprint density at radius 2 is 1.75 bits per heavy atom. The Morgan fingerprint density at radius 3 is 2.33 bits per heavy atom. The molecule has 2 amide bonds. The summed E-state index contributed by atoms with van der Waals surface area (Å²) in [6.07, 6.45) is 2.83. The Morgan fingerprint density at radius 1 is 1.08 bits per heavy atom. The number of hydrogen-bond donors (Lipinski definition) is 0. The van der Waals surface area contributed by atoms with Crippen molar-refractivity contribution in [3.05, 3.63) is 58.6 Å². The maximum atomic E-state index is 11.8. The van der Waals surface area contributed by atoms with Gasteiger partial charge in [0.15, 0.2) is 11.5 Å². The van der Waals surface area contributed by atoms with Crippen molar-refractivity contribution in [3.8, 4) is 11.5 Å². The Hall–Kier alpha value is -2.57. The van der Waals surface area contributed by atoms with E-state index in [9.17, 15) is 9.59 Å². The van der Waals surface area contributed by atoms with Crippen molar-refractivity contribution in [2.45, 2.75) is 59.0 Å². The first-order chi connectivity index (χ1) is 17.2. The Labute approximate surface area is 219 Å². The molecule has 194 valence electrons. The van der Waals surface area contributed by atoms with Crippen molar-refractivity contribution in [3.63, 3.8) is 0 Å². The molecule has 1 heterocycles. The van der Waals surface area contributed by atoms with E-state index >= 15 is 0 Å². The fourth-order valence-corrected chi connectivity index (χ4v) is 5.27. The molecule has 0 N–H and O–H groups in total. The summed E-state index contributed by atoms with van der Waals surface area (Å²) in [6, 6.07) is 14.5. The molecule has 2 fully saturated rings. The van der Waals surface area contributed by atoms with E-state index in [0.717, 1.165) is 30.1 Å². The van der Waals surface area contributed by atoms with Crippen molar-refractivity contribution >= 4 is 23.4 Å². The quantitative estimate of drug-likeness (QED) is 0.332. The van der Waals surface area contributed by atoms with Crippen LogP contribution < -0.4 is 9.47 Å². The second-order valence-corrected chi connectivity index (χ2v) is 11.0.